The van der Waals surface area contributed by atoms with E-state index < -0.39 is 0 Å². The number of rotatable bonds is 7. The van der Waals surface area contributed by atoms with Gasteiger partial charge in [-0.25, -0.2) is 9.97 Å². The van der Waals surface area contributed by atoms with Crippen molar-refractivity contribution in [2.75, 3.05) is 26.6 Å². The van der Waals surface area contributed by atoms with Crippen LogP contribution in [0.25, 0.3) is 10.9 Å². The van der Waals surface area contributed by atoms with E-state index in [4.69, 9.17) is 14.2 Å². The second kappa shape index (κ2) is 8.07. The van der Waals surface area contributed by atoms with Crippen molar-refractivity contribution in [3.05, 3.63) is 42.5 Å². The molecule has 7 nitrogen and oxygen atoms in total. The fraction of sp³-hybridized carbons (Fsp3) is 0.350. The van der Waals surface area contributed by atoms with Crippen LogP contribution in [0.1, 0.15) is 25.6 Å². The van der Waals surface area contributed by atoms with Gasteiger partial charge in [0.05, 0.1) is 38.5 Å². The molecule has 0 spiro atoms. The van der Waals surface area contributed by atoms with Crippen molar-refractivity contribution in [2.45, 2.75) is 19.9 Å². The van der Waals surface area contributed by atoms with Crippen molar-refractivity contribution in [2.24, 2.45) is 5.92 Å². The van der Waals surface area contributed by atoms with Gasteiger partial charge in [0.1, 0.15) is 17.7 Å². The number of nitrogens with zero attached hydrogens (tertiary/aromatic N) is 3. The molecule has 1 aromatic carbocycles. The lowest BCUT2D eigenvalue weighted by Gasteiger charge is -2.23. The van der Waals surface area contributed by atoms with Gasteiger partial charge in [-0.2, -0.15) is 0 Å². The van der Waals surface area contributed by atoms with Gasteiger partial charge in [0.15, 0.2) is 11.5 Å². The Bertz CT molecular complexity index is 916. The lowest BCUT2D eigenvalue weighted by atomic mass is 10.00. The molecule has 1 N–H and O–H groups in total. The molecule has 0 saturated carbocycles. The largest absolute Gasteiger partial charge is 0.493 e. The molecule has 3 aromatic rings. The number of anilines is 1. The SMILES string of the molecule is COc1cc2c(NC(c3ccccn3)C(C)C)ncnc2c(OC)c1OC. The molecule has 142 valence electrons. The molecule has 0 bridgehead atoms. The van der Waals surface area contributed by atoms with Gasteiger partial charge in [0.25, 0.3) is 0 Å². The fourth-order valence-corrected chi connectivity index (χ4v) is 3.07. The van der Waals surface area contributed by atoms with Crippen LogP contribution in [0.4, 0.5) is 5.82 Å². The van der Waals surface area contributed by atoms with Crippen LogP contribution >= 0.6 is 0 Å². The van der Waals surface area contributed by atoms with Crippen LogP contribution in [-0.2, 0) is 0 Å². The monoisotopic (exact) mass is 368 g/mol. The molecule has 7 heteroatoms. The molecule has 0 aliphatic carbocycles. The number of ether oxygens (including phenoxy) is 3. The van der Waals surface area contributed by atoms with E-state index in [0.29, 0.717) is 34.5 Å². The summed E-state index contributed by atoms with van der Waals surface area (Å²) in [5, 5.41) is 4.30. The molecule has 2 aromatic heterocycles. The Labute approximate surface area is 158 Å². The first-order valence-electron chi connectivity index (χ1n) is 8.71. The second-order valence-corrected chi connectivity index (χ2v) is 6.38. The smallest absolute Gasteiger partial charge is 0.205 e. The van der Waals surface area contributed by atoms with E-state index in [-0.39, 0.29) is 6.04 Å². The summed E-state index contributed by atoms with van der Waals surface area (Å²) in [5.41, 5.74) is 1.60. The van der Waals surface area contributed by atoms with Crippen molar-refractivity contribution in [1.82, 2.24) is 15.0 Å². The zero-order chi connectivity index (χ0) is 19.4. The lowest BCUT2D eigenvalue weighted by Crippen LogP contribution is -2.19. The number of methoxy groups -OCH3 is 3. The van der Waals surface area contributed by atoms with Crippen LogP contribution in [0.5, 0.6) is 17.2 Å². The summed E-state index contributed by atoms with van der Waals surface area (Å²) in [5.74, 6) is 2.55. The number of nitrogens with one attached hydrogen (secondary N) is 1. The van der Waals surface area contributed by atoms with Crippen LogP contribution in [0.15, 0.2) is 36.8 Å². The maximum atomic E-state index is 5.55. The third kappa shape index (κ3) is 3.58. The summed E-state index contributed by atoms with van der Waals surface area (Å²) in [4.78, 5) is 13.3. The number of hydrogen-bond acceptors (Lipinski definition) is 7. The summed E-state index contributed by atoms with van der Waals surface area (Å²) in [6, 6.07) is 7.74. The van der Waals surface area contributed by atoms with Crippen molar-refractivity contribution < 1.29 is 14.2 Å². The molecule has 0 aliphatic rings. The first kappa shape index (κ1) is 18.7. The zero-order valence-electron chi connectivity index (χ0n) is 16.2. The molecule has 1 atom stereocenters. The second-order valence-electron chi connectivity index (χ2n) is 6.38. The Morgan fingerprint density at radius 1 is 0.926 bits per heavy atom. The minimum Gasteiger partial charge on any atom is -0.493 e. The average molecular weight is 368 g/mol. The summed E-state index contributed by atoms with van der Waals surface area (Å²) >= 11 is 0. The summed E-state index contributed by atoms with van der Waals surface area (Å²) in [6.07, 6.45) is 3.30. The predicted octanol–water partition coefficient (Wildman–Crippen LogP) is 3.86. The first-order chi connectivity index (χ1) is 13.1. The third-order valence-corrected chi connectivity index (χ3v) is 4.40. The molecular formula is C20H24N4O3. The van der Waals surface area contributed by atoms with Gasteiger partial charge in [-0.3, -0.25) is 4.98 Å². The van der Waals surface area contributed by atoms with E-state index in [2.05, 4.69) is 34.1 Å². The van der Waals surface area contributed by atoms with Crippen molar-refractivity contribution in [3.63, 3.8) is 0 Å². The highest BCUT2D eigenvalue weighted by atomic mass is 16.5. The Kier molecular flexibility index (Phi) is 5.59. The fourth-order valence-electron chi connectivity index (χ4n) is 3.07. The number of fused-ring (bicyclic) bond motifs is 1. The van der Waals surface area contributed by atoms with Crippen molar-refractivity contribution in [3.8, 4) is 17.2 Å². The predicted molar refractivity (Wildman–Crippen MR) is 105 cm³/mol. The van der Waals surface area contributed by atoms with E-state index in [1.54, 1.807) is 27.5 Å². The van der Waals surface area contributed by atoms with Gasteiger partial charge >= 0.3 is 0 Å². The molecule has 1 unspecified atom stereocenters. The highest BCUT2D eigenvalue weighted by Gasteiger charge is 2.22. The van der Waals surface area contributed by atoms with Gasteiger partial charge in [0, 0.05) is 6.20 Å². The van der Waals surface area contributed by atoms with Crippen LogP contribution in [0.3, 0.4) is 0 Å². The minimum atomic E-state index is -0.0107. The lowest BCUT2D eigenvalue weighted by molar-refractivity contribution is 0.327. The maximum Gasteiger partial charge on any atom is 0.205 e. The van der Waals surface area contributed by atoms with Crippen molar-refractivity contribution >= 4 is 16.7 Å². The molecular weight excluding hydrogens is 344 g/mol. The van der Waals surface area contributed by atoms with E-state index >= 15 is 0 Å². The third-order valence-electron chi connectivity index (χ3n) is 4.40. The Balaban J connectivity index is 2.14. The Morgan fingerprint density at radius 2 is 1.70 bits per heavy atom. The van der Waals surface area contributed by atoms with Gasteiger partial charge in [-0.05, 0) is 24.1 Å². The maximum absolute atomic E-state index is 5.55. The molecule has 0 amide bonds. The van der Waals surface area contributed by atoms with Crippen LogP contribution in [0, 0.1) is 5.92 Å². The number of aromatic nitrogens is 3. The molecule has 0 radical (unpaired) electrons. The standard InChI is InChI=1S/C20H24N4O3/c1-12(2)16(14-8-6-7-9-21-14)24-20-13-10-15(25-3)18(26-4)19(27-5)17(13)22-11-23-20/h6-12,16H,1-5H3,(H,22,23,24). The summed E-state index contributed by atoms with van der Waals surface area (Å²) < 4.78 is 16.5. The van der Waals surface area contributed by atoms with E-state index in [1.807, 2.05) is 24.3 Å². The van der Waals surface area contributed by atoms with E-state index in [1.165, 1.54) is 6.33 Å². The Morgan fingerprint density at radius 3 is 2.30 bits per heavy atom. The van der Waals surface area contributed by atoms with Crippen LogP contribution < -0.4 is 19.5 Å². The quantitative estimate of drug-likeness (QED) is 0.678. The molecule has 0 fully saturated rings. The summed E-state index contributed by atoms with van der Waals surface area (Å²) in [7, 11) is 4.74. The minimum absolute atomic E-state index is 0.0107. The molecule has 0 aliphatic heterocycles. The summed E-state index contributed by atoms with van der Waals surface area (Å²) in [6.45, 7) is 4.28. The zero-order valence-corrected chi connectivity index (χ0v) is 16.2. The normalized spacial score (nSPS) is 12.1. The van der Waals surface area contributed by atoms with Gasteiger partial charge in [-0.15, -0.1) is 0 Å². The van der Waals surface area contributed by atoms with Gasteiger partial charge < -0.3 is 19.5 Å². The molecule has 3 rings (SSSR count). The van der Waals surface area contributed by atoms with Gasteiger partial charge in [-0.1, -0.05) is 19.9 Å². The number of pyridine rings is 1. The highest BCUT2D eigenvalue weighted by Crippen LogP contribution is 2.44. The van der Waals surface area contributed by atoms with Gasteiger partial charge in [0.2, 0.25) is 5.75 Å². The van der Waals surface area contributed by atoms with Crippen LogP contribution in [-0.4, -0.2) is 36.3 Å². The number of benzene rings is 1. The first-order valence-corrected chi connectivity index (χ1v) is 8.71. The average Bonchev–Trinajstić information content (AvgIpc) is 2.70. The highest BCUT2D eigenvalue weighted by molar-refractivity contribution is 5.96. The molecule has 0 saturated heterocycles. The number of hydrogen-bond donors (Lipinski definition) is 1. The molecule has 27 heavy (non-hydrogen) atoms. The van der Waals surface area contributed by atoms with Crippen molar-refractivity contribution in [1.29, 1.82) is 0 Å². The molecule has 2 heterocycles. The van der Waals surface area contributed by atoms with Crippen LogP contribution in [0.2, 0.25) is 0 Å². The topological polar surface area (TPSA) is 78.4 Å². The Hall–Kier alpha value is -3.09. The van der Waals surface area contributed by atoms with E-state index in [9.17, 15) is 0 Å². The van der Waals surface area contributed by atoms with E-state index in [0.717, 1.165) is 11.1 Å².